The first-order valence-corrected chi connectivity index (χ1v) is 8.14. The Balaban J connectivity index is 1.90. The summed E-state index contributed by atoms with van der Waals surface area (Å²) in [6.07, 6.45) is 1.49. The number of primary amides is 1. The molecule has 1 aliphatic heterocycles. The maximum Gasteiger partial charge on any atom is 0.228 e. The fraction of sp³-hybridized carbons (Fsp3) is 0.500. The summed E-state index contributed by atoms with van der Waals surface area (Å²) in [6, 6.07) is 0. The van der Waals surface area contributed by atoms with Gasteiger partial charge in [-0.2, -0.15) is 0 Å². The Kier molecular flexibility index (Phi) is 3.75. The lowest BCUT2D eigenvalue weighted by Crippen LogP contribution is -2.39. The molecular weight excluding hydrogens is 308 g/mol. The predicted molar refractivity (Wildman–Crippen MR) is 86.0 cm³/mol. The zero-order valence-corrected chi connectivity index (χ0v) is 13.6. The first-order valence-electron chi connectivity index (χ1n) is 6.95. The number of hydrogen-bond donors (Lipinski definition) is 1. The van der Waals surface area contributed by atoms with Crippen LogP contribution in [-0.4, -0.2) is 29.0 Å². The summed E-state index contributed by atoms with van der Waals surface area (Å²) in [6.45, 7) is 5.58. The largest absolute Gasteiger partial charge is 0.369 e. The number of amides is 1. The molecule has 2 N–H and O–H groups in total. The Morgan fingerprint density at radius 2 is 2.00 bits per heavy atom. The molecule has 0 atom stereocenters. The van der Waals surface area contributed by atoms with E-state index < -0.39 is 0 Å². The van der Waals surface area contributed by atoms with E-state index >= 15 is 0 Å². The Morgan fingerprint density at radius 1 is 1.33 bits per heavy atom. The molecule has 21 heavy (non-hydrogen) atoms. The van der Waals surface area contributed by atoms with Gasteiger partial charge >= 0.3 is 0 Å². The number of nitrogens with two attached hydrogens (primary N) is 1. The van der Waals surface area contributed by atoms with E-state index in [0.29, 0.717) is 11.1 Å². The van der Waals surface area contributed by atoms with Gasteiger partial charge in [0.1, 0.15) is 9.98 Å². The molecule has 1 fully saturated rings. The van der Waals surface area contributed by atoms with Crippen molar-refractivity contribution < 1.29 is 4.79 Å². The van der Waals surface area contributed by atoms with E-state index in [-0.39, 0.29) is 11.8 Å². The van der Waals surface area contributed by atoms with Gasteiger partial charge in [-0.05, 0) is 32.3 Å². The van der Waals surface area contributed by atoms with Crippen LogP contribution in [0.1, 0.15) is 23.3 Å². The van der Waals surface area contributed by atoms with Gasteiger partial charge < -0.3 is 10.6 Å². The average molecular weight is 325 g/mol. The van der Waals surface area contributed by atoms with E-state index in [0.717, 1.165) is 41.7 Å². The van der Waals surface area contributed by atoms with E-state index in [1.807, 2.05) is 6.92 Å². The van der Waals surface area contributed by atoms with Gasteiger partial charge in [0.25, 0.3) is 0 Å². The highest BCUT2D eigenvalue weighted by Gasteiger charge is 2.25. The van der Waals surface area contributed by atoms with Crippen molar-refractivity contribution in [1.82, 2.24) is 9.97 Å². The van der Waals surface area contributed by atoms with Gasteiger partial charge in [0, 0.05) is 23.9 Å². The molecular formula is C14H17ClN4OS. The van der Waals surface area contributed by atoms with Gasteiger partial charge in [-0.3, -0.25) is 4.79 Å². The number of fused-ring (bicyclic) bond motifs is 1. The lowest BCUT2D eigenvalue weighted by Gasteiger charge is -2.30. The van der Waals surface area contributed by atoms with Crippen LogP contribution in [0.15, 0.2) is 0 Å². The maximum absolute atomic E-state index is 11.2. The number of carbonyl (C=O) groups is 1. The monoisotopic (exact) mass is 324 g/mol. The molecule has 1 amide bonds. The molecule has 5 nitrogen and oxygen atoms in total. The average Bonchev–Trinajstić information content (AvgIpc) is 2.74. The molecule has 2 aromatic heterocycles. The van der Waals surface area contributed by atoms with Gasteiger partial charge in [0.05, 0.1) is 5.39 Å². The number of rotatable bonds is 2. The van der Waals surface area contributed by atoms with Crippen molar-refractivity contribution in [1.29, 1.82) is 0 Å². The third-order valence-electron chi connectivity index (χ3n) is 4.15. The number of piperidine rings is 1. The Labute approximate surface area is 132 Å². The van der Waals surface area contributed by atoms with E-state index in [9.17, 15) is 4.79 Å². The zero-order valence-electron chi connectivity index (χ0n) is 12.0. The van der Waals surface area contributed by atoms with Gasteiger partial charge in [-0.1, -0.05) is 11.6 Å². The highest BCUT2D eigenvalue weighted by atomic mass is 35.5. The first kappa shape index (κ1) is 14.5. The number of anilines is 1. The highest BCUT2D eigenvalue weighted by molar-refractivity contribution is 7.18. The lowest BCUT2D eigenvalue weighted by atomic mass is 9.96. The summed E-state index contributed by atoms with van der Waals surface area (Å²) in [7, 11) is 0. The summed E-state index contributed by atoms with van der Waals surface area (Å²) in [5, 5.41) is 1.46. The van der Waals surface area contributed by atoms with Crippen molar-refractivity contribution in [2.75, 3.05) is 18.0 Å². The second-order valence-corrected chi connectivity index (χ2v) is 7.00. The third kappa shape index (κ3) is 2.58. The van der Waals surface area contributed by atoms with Crippen molar-refractivity contribution in [3.05, 3.63) is 15.6 Å². The van der Waals surface area contributed by atoms with Crippen molar-refractivity contribution in [3.8, 4) is 0 Å². The van der Waals surface area contributed by atoms with Gasteiger partial charge in [-0.15, -0.1) is 11.3 Å². The van der Waals surface area contributed by atoms with Crippen LogP contribution in [0.3, 0.4) is 0 Å². The number of carbonyl (C=O) groups excluding carboxylic acids is 1. The molecule has 0 spiro atoms. The van der Waals surface area contributed by atoms with Crippen LogP contribution in [0, 0.1) is 19.8 Å². The summed E-state index contributed by atoms with van der Waals surface area (Å²) >= 11 is 7.97. The minimum atomic E-state index is -0.214. The van der Waals surface area contributed by atoms with E-state index in [2.05, 4.69) is 21.8 Å². The standard InChI is InChI=1S/C14H17ClN4OS/c1-7-8(2)21-13-10(7)11(15)17-14(18-13)19-5-3-9(4-6-19)12(16)20/h9H,3-6H2,1-2H3,(H2,16,20). The first-order chi connectivity index (χ1) is 9.97. The molecule has 1 saturated heterocycles. The second kappa shape index (κ2) is 5.42. The van der Waals surface area contributed by atoms with Crippen LogP contribution in [-0.2, 0) is 4.79 Å². The molecule has 0 radical (unpaired) electrons. The number of thiophene rings is 1. The minimum Gasteiger partial charge on any atom is -0.369 e. The third-order valence-corrected chi connectivity index (χ3v) is 5.53. The van der Waals surface area contributed by atoms with Gasteiger partial charge in [0.2, 0.25) is 11.9 Å². The summed E-state index contributed by atoms with van der Waals surface area (Å²) in [5.41, 5.74) is 6.51. The van der Waals surface area contributed by atoms with Crippen LogP contribution in [0.5, 0.6) is 0 Å². The van der Waals surface area contributed by atoms with Crippen LogP contribution in [0.2, 0.25) is 5.15 Å². The molecule has 0 aliphatic carbocycles. The van der Waals surface area contributed by atoms with Crippen molar-refractivity contribution in [3.63, 3.8) is 0 Å². The molecule has 3 heterocycles. The fourth-order valence-corrected chi connectivity index (χ4v) is 4.08. The van der Waals surface area contributed by atoms with Crippen LogP contribution < -0.4 is 10.6 Å². The Hall–Kier alpha value is -1.40. The molecule has 1 aliphatic rings. The molecule has 0 aromatic carbocycles. The minimum absolute atomic E-state index is 0.0355. The Morgan fingerprint density at radius 3 is 2.62 bits per heavy atom. The van der Waals surface area contributed by atoms with Crippen molar-refractivity contribution in [2.45, 2.75) is 26.7 Å². The number of aryl methyl sites for hydroxylation is 2. The second-order valence-electron chi connectivity index (χ2n) is 5.44. The molecule has 3 rings (SSSR count). The number of halogens is 1. The molecule has 0 saturated carbocycles. The van der Waals surface area contributed by atoms with Crippen molar-refractivity contribution >= 4 is 45.0 Å². The molecule has 7 heteroatoms. The molecule has 2 aromatic rings. The number of hydrogen-bond acceptors (Lipinski definition) is 5. The van der Waals surface area contributed by atoms with E-state index in [1.165, 1.54) is 4.88 Å². The molecule has 0 unspecified atom stereocenters. The fourth-order valence-electron chi connectivity index (χ4n) is 2.70. The van der Waals surface area contributed by atoms with Gasteiger partial charge in [0.15, 0.2) is 0 Å². The van der Waals surface area contributed by atoms with Crippen LogP contribution >= 0.6 is 22.9 Å². The Bertz CT molecular complexity index is 707. The normalized spacial score (nSPS) is 16.6. The predicted octanol–water partition coefficient (Wildman–Crippen LogP) is 2.66. The number of aromatic nitrogens is 2. The summed E-state index contributed by atoms with van der Waals surface area (Å²) < 4.78 is 0. The van der Waals surface area contributed by atoms with E-state index in [4.69, 9.17) is 17.3 Å². The van der Waals surface area contributed by atoms with Gasteiger partial charge in [-0.25, -0.2) is 9.97 Å². The summed E-state index contributed by atoms with van der Waals surface area (Å²) in [4.78, 5) is 24.5. The SMILES string of the molecule is Cc1sc2nc(N3CCC(C(N)=O)CC3)nc(Cl)c2c1C. The molecule has 0 bridgehead atoms. The maximum atomic E-state index is 11.2. The topological polar surface area (TPSA) is 72.1 Å². The lowest BCUT2D eigenvalue weighted by molar-refractivity contribution is -0.122. The molecule has 112 valence electrons. The zero-order chi connectivity index (χ0) is 15.1. The van der Waals surface area contributed by atoms with E-state index in [1.54, 1.807) is 11.3 Å². The quantitative estimate of drug-likeness (QED) is 0.862. The number of nitrogens with zero attached hydrogens (tertiary/aromatic N) is 3. The summed E-state index contributed by atoms with van der Waals surface area (Å²) in [5.74, 6) is 0.400. The smallest absolute Gasteiger partial charge is 0.228 e. The van der Waals surface area contributed by atoms with Crippen LogP contribution in [0.25, 0.3) is 10.2 Å². The van der Waals surface area contributed by atoms with Crippen molar-refractivity contribution in [2.24, 2.45) is 11.7 Å². The van der Waals surface area contributed by atoms with Crippen LogP contribution in [0.4, 0.5) is 5.95 Å². The highest BCUT2D eigenvalue weighted by Crippen LogP contribution is 2.34.